The van der Waals surface area contributed by atoms with Crippen LogP contribution in [0.1, 0.15) is 25.0 Å². The van der Waals surface area contributed by atoms with Gasteiger partial charge in [-0.2, -0.15) is 0 Å². The second kappa shape index (κ2) is 21.0. The molecule has 17 rings (SSSR count). The zero-order chi connectivity index (χ0) is 59.2. The molecular weight excluding hydrogens is 1070 g/mol. The van der Waals surface area contributed by atoms with E-state index in [4.69, 9.17) is 0 Å². The molecular formula is C87H60N2. The second-order valence-corrected chi connectivity index (χ2v) is 24.4. The molecule has 1 aromatic heterocycles. The predicted octanol–water partition coefficient (Wildman–Crippen LogP) is 24.0. The van der Waals surface area contributed by atoms with Crippen molar-refractivity contribution in [2.45, 2.75) is 19.3 Å². The number of aromatic nitrogens is 1. The fourth-order valence-electron chi connectivity index (χ4n) is 14.6. The third kappa shape index (κ3) is 8.70. The van der Waals surface area contributed by atoms with Crippen LogP contribution in [0.4, 0.5) is 17.1 Å². The van der Waals surface area contributed by atoms with Gasteiger partial charge in [0.1, 0.15) is 0 Å². The van der Waals surface area contributed by atoms with Crippen LogP contribution in [0.25, 0.3) is 138 Å². The zero-order valence-electron chi connectivity index (χ0n) is 49.6. The van der Waals surface area contributed by atoms with Gasteiger partial charge in [0.15, 0.2) is 0 Å². The van der Waals surface area contributed by atoms with Crippen molar-refractivity contribution >= 4 is 71.2 Å². The van der Waals surface area contributed by atoms with Crippen LogP contribution in [-0.4, -0.2) is 4.57 Å². The maximum Gasteiger partial charge on any atom is 0.0541 e. The lowest BCUT2D eigenvalue weighted by molar-refractivity contribution is 0.660. The molecule has 0 saturated heterocycles. The highest BCUT2D eigenvalue weighted by Crippen LogP contribution is 2.52. The number of anilines is 3. The van der Waals surface area contributed by atoms with Crippen molar-refractivity contribution in [3.05, 3.63) is 339 Å². The van der Waals surface area contributed by atoms with Crippen molar-refractivity contribution in [3.63, 3.8) is 0 Å². The summed E-state index contributed by atoms with van der Waals surface area (Å²) in [7, 11) is 0. The Labute approximate surface area is 519 Å². The number of hydrogen-bond acceptors (Lipinski definition) is 1. The smallest absolute Gasteiger partial charge is 0.0541 e. The first-order valence-electron chi connectivity index (χ1n) is 31.0. The minimum absolute atomic E-state index is 0.131. The molecule has 0 atom stereocenters. The van der Waals surface area contributed by atoms with E-state index in [1.54, 1.807) is 0 Å². The van der Waals surface area contributed by atoms with Crippen molar-refractivity contribution in [1.82, 2.24) is 4.57 Å². The average Bonchev–Trinajstić information content (AvgIpc) is 1.85. The van der Waals surface area contributed by atoms with Crippen LogP contribution in [-0.2, 0) is 5.41 Å². The molecule has 16 aromatic rings. The number of benzene rings is 15. The number of rotatable bonds is 10. The van der Waals surface area contributed by atoms with Gasteiger partial charge >= 0.3 is 0 Å². The van der Waals surface area contributed by atoms with E-state index < -0.39 is 0 Å². The molecule has 0 spiro atoms. The molecule has 0 radical (unpaired) electrons. The SMILES string of the molecule is CC1(C)c2ccccc2-c2ccc(N(c3ccc(-c4ccccc4)cc3)c3ccc(-c4ccc5c(c4)c4cc(-c6cccc(-c7ccc(-c8cccc9ccccc89)c8c(-c9cccc%10ccccc9%10)cccc78)c6)ccc4n5-c4ccccc4)cc3)cc21. The molecule has 89 heavy (non-hydrogen) atoms. The van der Waals surface area contributed by atoms with E-state index in [0.29, 0.717) is 0 Å². The van der Waals surface area contributed by atoms with Crippen LogP contribution in [0.15, 0.2) is 328 Å². The van der Waals surface area contributed by atoms with E-state index in [0.717, 1.165) is 28.3 Å². The van der Waals surface area contributed by atoms with Crippen molar-refractivity contribution in [3.8, 4) is 83.6 Å². The standard InChI is InChI=1S/C87H60N2/c1-87(2)82-36-14-13-31-75(82)76-48-47-69(56-83(76)87)88(67-43-37-58(38-44-67)57-19-5-3-6-20-57)68-45-39-59(40-46-68)63-41-51-84-80(54-63)81-55-64(42-52-85(81)89(84)66-27-7-4-8-28-66)62-25-15-26-65(53-62)72-49-50-79(74-33-17-24-61-22-10-12-30-71(61)74)86-77(72)34-18-35-78(86)73-32-16-23-60-21-9-11-29-70(60)73/h3-56H,1-2H3. The Hall–Kier alpha value is -11.3. The highest BCUT2D eigenvalue weighted by molar-refractivity contribution is 6.17. The van der Waals surface area contributed by atoms with Crippen LogP contribution >= 0.6 is 0 Å². The van der Waals surface area contributed by atoms with E-state index in [-0.39, 0.29) is 5.41 Å². The number of hydrogen-bond donors (Lipinski definition) is 0. The summed E-state index contributed by atoms with van der Waals surface area (Å²) in [6.45, 7) is 4.72. The summed E-state index contributed by atoms with van der Waals surface area (Å²) in [4.78, 5) is 2.42. The molecule has 1 aliphatic carbocycles. The lowest BCUT2D eigenvalue weighted by Gasteiger charge is -2.28. The monoisotopic (exact) mass is 1130 g/mol. The Kier molecular flexibility index (Phi) is 12.3. The van der Waals surface area contributed by atoms with Crippen molar-refractivity contribution < 1.29 is 0 Å². The van der Waals surface area contributed by atoms with Gasteiger partial charge in [-0.15, -0.1) is 0 Å². The number of fused-ring (bicyclic) bond motifs is 9. The average molecular weight is 1130 g/mol. The van der Waals surface area contributed by atoms with Gasteiger partial charge in [-0.1, -0.05) is 263 Å². The first-order chi connectivity index (χ1) is 43.9. The van der Waals surface area contributed by atoms with Gasteiger partial charge in [0.2, 0.25) is 0 Å². The molecule has 0 N–H and O–H groups in total. The topological polar surface area (TPSA) is 8.17 Å². The van der Waals surface area contributed by atoms with Crippen LogP contribution < -0.4 is 4.90 Å². The molecule has 0 saturated carbocycles. The summed E-state index contributed by atoms with van der Waals surface area (Å²) in [5.41, 5.74) is 26.4. The Bertz CT molecular complexity index is 5340. The summed E-state index contributed by atoms with van der Waals surface area (Å²) < 4.78 is 2.42. The normalized spacial score (nSPS) is 12.5. The van der Waals surface area contributed by atoms with Gasteiger partial charge in [0.05, 0.1) is 11.0 Å². The molecule has 0 bridgehead atoms. The second-order valence-electron chi connectivity index (χ2n) is 24.4. The Balaban J connectivity index is 0.774. The highest BCUT2D eigenvalue weighted by atomic mass is 15.1. The number of nitrogens with zero attached hydrogens (tertiary/aromatic N) is 2. The van der Waals surface area contributed by atoms with Gasteiger partial charge in [-0.05, 0) is 200 Å². The van der Waals surface area contributed by atoms with E-state index in [1.807, 2.05) is 0 Å². The van der Waals surface area contributed by atoms with Gasteiger partial charge in [0.25, 0.3) is 0 Å². The minimum Gasteiger partial charge on any atom is -0.310 e. The first kappa shape index (κ1) is 52.0. The van der Waals surface area contributed by atoms with E-state index in [1.165, 1.54) is 138 Å². The van der Waals surface area contributed by atoms with Gasteiger partial charge in [0, 0.05) is 38.9 Å². The Morgan fingerprint density at radius 1 is 0.247 bits per heavy atom. The lowest BCUT2D eigenvalue weighted by Crippen LogP contribution is -2.16. The van der Waals surface area contributed by atoms with Crippen molar-refractivity contribution in [1.29, 1.82) is 0 Å². The number of para-hydroxylation sites is 1. The quantitative estimate of drug-likeness (QED) is 0.132. The lowest BCUT2D eigenvalue weighted by atomic mass is 9.82. The molecule has 0 unspecified atom stereocenters. The molecule has 15 aromatic carbocycles. The van der Waals surface area contributed by atoms with Crippen LogP contribution in [0.5, 0.6) is 0 Å². The molecule has 1 heterocycles. The molecule has 0 amide bonds. The predicted molar refractivity (Wildman–Crippen MR) is 378 cm³/mol. The maximum absolute atomic E-state index is 2.42. The van der Waals surface area contributed by atoms with Crippen LogP contribution in [0.3, 0.4) is 0 Å². The summed E-state index contributed by atoms with van der Waals surface area (Å²) in [6, 6.07) is 121. The molecule has 0 fully saturated rings. The minimum atomic E-state index is -0.131. The summed E-state index contributed by atoms with van der Waals surface area (Å²) in [5.74, 6) is 0. The molecule has 1 aliphatic rings. The summed E-state index contributed by atoms with van der Waals surface area (Å²) >= 11 is 0. The molecule has 0 aliphatic heterocycles. The van der Waals surface area contributed by atoms with E-state index in [2.05, 4.69) is 351 Å². The van der Waals surface area contributed by atoms with Gasteiger partial charge in [-0.3, -0.25) is 0 Å². The first-order valence-corrected chi connectivity index (χ1v) is 31.0. The van der Waals surface area contributed by atoms with Crippen molar-refractivity contribution in [2.24, 2.45) is 0 Å². The maximum atomic E-state index is 2.42. The largest absolute Gasteiger partial charge is 0.310 e. The molecule has 2 nitrogen and oxygen atoms in total. The fourth-order valence-corrected chi connectivity index (χ4v) is 14.6. The molecule has 2 heteroatoms. The van der Waals surface area contributed by atoms with E-state index >= 15 is 0 Å². The third-order valence-electron chi connectivity index (χ3n) is 19.0. The van der Waals surface area contributed by atoms with Crippen LogP contribution in [0, 0.1) is 0 Å². The molecule has 418 valence electrons. The van der Waals surface area contributed by atoms with Gasteiger partial charge in [-0.25, -0.2) is 0 Å². The summed E-state index contributed by atoms with van der Waals surface area (Å²) in [5, 5.41) is 9.87. The van der Waals surface area contributed by atoms with Gasteiger partial charge < -0.3 is 9.47 Å². The van der Waals surface area contributed by atoms with Crippen molar-refractivity contribution in [2.75, 3.05) is 4.90 Å². The third-order valence-corrected chi connectivity index (χ3v) is 19.0. The Morgan fingerprint density at radius 3 is 1.34 bits per heavy atom. The van der Waals surface area contributed by atoms with E-state index in [9.17, 15) is 0 Å². The Morgan fingerprint density at radius 2 is 0.663 bits per heavy atom. The summed E-state index contributed by atoms with van der Waals surface area (Å²) in [6.07, 6.45) is 0. The fraction of sp³-hybridized carbons (Fsp3) is 0.0345. The van der Waals surface area contributed by atoms with Crippen LogP contribution in [0.2, 0.25) is 0 Å². The highest BCUT2D eigenvalue weighted by Gasteiger charge is 2.36. The zero-order valence-corrected chi connectivity index (χ0v) is 49.6.